The molecule has 0 amide bonds. The van der Waals surface area contributed by atoms with Crippen molar-refractivity contribution in [2.75, 3.05) is 0 Å². The number of aryl methyl sites for hydroxylation is 1. The molecular weight excluding hydrogens is 232 g/mol. The lowest BCUT2D eigenvalue weighted by molar-refractivity contribution is 0.970. The summed E-state index contributed by atoms with van der Waals surface area (Å²) in [7, 11) is 2.04. The van der Waals surface area contributed by atoms with Gasteiger partial charge in [-0.25, -0.2) is 4.98 Å². The highest BCUT2D eigenvalue weighted by Crippen LogP contribution is 2.26. The van der Waals surface area contributed by atoms with Crippen LogP contribution in [-0.2, 0) is 7.05 Å². The van der Waals surface area contributed by atoms with Crippen molar-refractivity contribution >= 4 is 22.5 Å². The molecule has 0 radical (unpaired) electrons. The zero-order chi connectivity index (χ0) is 11.8. The van der Waals surface area contributed by atoms with E-state index < -0.39 is 0 Å². The summed E-state index contributed by atoms with van der Waals surface area (Å²) in [6.07, 6.45) is 0. The van der Waals surface area contributed by atoms with E-state index in [9.17, 15) is 0 Å². The zero-order valence-corrected chi connectivity index (χ0v) is 10.1. The Bertz CT molecular complexity index is 686. The fraction of sp³-hybridized carbons (Fsp3) is 0.0714. The SMILES string of the molecule is Cn1c(-c2cccc(Cl)n2)cc2ccccc21. The topological polar surface area (TPSA) is 17.8 Å². The van der Waals surface area contributed by atoms with Crippen LogP contribution >= 0.6 is 11.6 Å². The molecule has 2 heterocycles. The average molecular weight is 243 g/mol. The zero-order valence-electron chi connectivity index (χ0n) is 9.39. The van der Waals surface area contributed by atoms with Gasteiger partial charge in [0, 0.05) is 18.0 Å². The Balaban J connectivity index is 2.27. The van der Waals surface area contributed by atoms with Gasteiger partial charge < -0.3 is 4.57 Å². The van der Waals surface area contributed by atoms with E-state index in [1.54, 1.807) is 6.07 Å². The van der Waals surface area contributed by atoms with Crippen LogP contribution < -0.4 is 0 Å². The van der Waals surface area contributed by atoms with E-state index in [0.29, 0.717) is 5.15 Å². The summed E-state index contributed by atoms with van der Waals surface area (Å²) in [5.41, 5.74) is 3.18. The summed E-state index contributed by atoms with van der Waals surface area (Å²) in [5, 5.41) is 1.74. The van der Waals surface area contributed by atoms with Gasteiger partial charge in [0.25, 0.3) is 0 Å². The molecular formula is C14H11ClN2. The molecule has 3 aromatic rings. The number of nitrogens with zero attached hydrogens (tertiary/aromatic N) is 2. The molecule has 3 heteroatoms. The number of hydrogen-bond acceptors (Lipinski definition) is 1. The van der Waals surface area contributed by atoms with E-state index in [1.165, 1.54) is 10.9 Å². The smallest absolute Gasteiger partial charge is 0.129 e. The van der Waals surface area contributed by atoms with Crippen LogP contribution in [0.25, 0.3) is 22.3 Å². The molecule has 0 aliphatic heterocycles. The van der Waals surface area contributed by atoms with Gasteiger partial charge in [-0.2, -0.15) is 0 Å². The average Bonchev–Trinajstić information content (AvgIpc) is 2.68. The Kier molecular flexibility index (Phi) is 2.37. The molecule has 0 fully saturated rings. The number of hydrogen-bond donors (Lipinski definition) is 0. The minimum absolute atomic E-state index is 0.521. The summed E-state index contributed by atoms with van der Waals surface area (Å²) >= 11 is 5.93. The monoisotopic (exact) mass is 242 g/mol. The molecule has 0 atom stereocenters. The number of para-hydroxylation sites is 1. The van der Waals surface area contributed by atoms with E-state index in [4.69, 9.17) is 11.6 Å². The second-order valence-electron chi connectivity index (χ2n) is 3.99. The first-order valence-corrected chi connectivity index (χ1v) is 5.81. The third-order valence-corrected chi connectivity index (χ3v) is 3.14. The molecule has 17 heavy (non-hydrogen) atoms. The van der Waals surface area contributed by atoms with Crippen LogP contribution in [0.1, 0.15) is 0 Å². The second kappa shape index (κ2) is 3.90. The third-order valence-electron chi connectivity index (χ3n) is 2.93. The summed E-state index contributed by atoms with van der Waals surface area (Å²) in [4.78, 5) is 4.34. The van der Waals surface area contributed by atoms with Gasteiger partial charge in [0.1, 0.15) is 5.15 Å². The number of benzene rings is 1. The molecule has 0 spiro atoms. The summed E-state index contributed by atoms with van der Waals surface area (Å²) in [6.45, 7) is 0. The lowest BCUT2D eigenvalue weighted by atomic mass is 10.2. The van der Waals surface area contributed by atoms with Gasteiger partial charge in [-0.05, 0) is 24.3 Å². The fourth-order valence-corrected chi connectivity index (χ4v) is 2.25. The molecule has 84 valence electrons. The molecule has 1 aromatic carbocycles. The predicted octanol–water partition coefficient (Wildman–Crippen LogP) is 3.89. The molecule has 0 saturated heterocycles. The van der Waals surface area contributed by atoms with Crippen LogP contribution in [0.15, 0.2) is 48.5 Å². The van der Waals surface area contributed by atoms with Crippen LogP contribution in [0.2, 0.25) is 5.15 Å². The number of halogens is 1. The normalized spacial score (nSPS) is 10.9. The van der Waals surface area contributed by atoms with Crippen molar-refractivity contribution in [3.63, 3.8) is 0 Å². The molecule has 0 aliphatic carbocycles. The van der Waals surface area contributed by atoms with Gasteiger partial charge in [-0.15, -0.1) is 0 Å². The first-order chi connectivity index (χ1) is 8.25. The van der Waals surface area contributed by atoms with Gasteiger partial charge in [-0.3, -0.25) is 0 Å². The van der Waals surface area contributed by atoms with Crippen LogP contribution in [-0.4, -0.2) is 9.55 Å². The first kappa shape index (κ1) is 10.4. The van der Waals surface area contributed by atoms with Gasteiger partial charge in [0.05, 0.1) is 11.4 Å². The predicted molar refractivity (Wildman–Crippen MR) is 71.2 cm³/mol. The third kappa shape index (κ3) is 1.71. The molecule has 0 N–H and O–H groups in total. The quantitative estimate of drug-likeness (QED) is 0.592. The Labute approximate surface area is 104 Å². The second-order valence-corrected chi connectivity index (χ2v) is 4.38. The summed E-state index contributed by atoms with van der Waals surface area (Å²) in [5.74, 6) is 0. The van der Waals surface area contributed by atoms with Gasteiger partial charge in [-0.1, -0.05) is 35.9 Å². The standard InChI is InChI=1S/C14H11ClN2/c1-17-12-7-3-2-5-10(12)9-13(17)11-6-4-8-14(15)16-11/h2-9H,1H3. The van der Waals surface area contributed by atoms with Crippen molar-refractivity contribution < 1.29 is 0 Å². The fourth-order valence-electron chi connectivity index (χ4n) is 2.09. The maximum atomic E-state index is 5.93. The Hall–Kier alpha value is -1.80. The largest absolute Gasteiger partial charge is 0.342 e. The van der Waals surface area contributed by atoms with E-state index in [2.05, 4.69) is 27.8 Å². The first-order valence-electron chi connectivity index (χ1n) is 5.43. The van der Waals surface area contributed by atoms with E-state index in [0.717, 1.165) is 11.4 Å². The number of rotatable bonds is 1. The van der Waals surface area contributed by atoms with E-state index in [-0.39, 0.29) is 0 Å². The van der Waals surface area contributed by atoms with Crippen LogP contribution in [0.3, 0.4) is 0 Å². The van der Waals surface area contributed by atoms with Crippen molar-refractivity contribution in [3.05, 3.63) is 53.7 Å². The highest BCUT2D eigenvalue weighted by Gasteiger charge is 2.08. The van der Waals surface area contributed by atoms with Crippen molar-refractivity contribution in [2.45, 2.75) is 0 Å². The van der Waals surface area contributed by atoms with E-state index >= 15 is 0 Å². The number of fused-ring (bicyclic) bond motifs is 1. The molecule has 3 rings (SSSR count). The Morgan fingerprint density at radius 3 is 2.65 bits per heavy atom. The highest BCUT2D eigenvalue weighted by molar-refractivity contribution is 6.29. The van der Waals surface area contributed by atoms with Crippen molar-refractivity contribution in [3.8, 4) is 11.4 Å². The Morgan fingerprint density at radius 2 is 1.88 bits per heavy atom. The maximum Gasteiger partial charge on any atom is 0.129 e. The maximum absolute atomic E-state index is 5.93. The molecule has 0 saturated carbocycles. The molecule has 0 unspecified atom stereocenters. The van der Waals surface area contributed by atoms with Crippen LogP contribution in [0.5, 0.6) is 0 Å². The van der Waals surface area contributed by atoms with Gasteiger partial charge in [0.15, 0.2) is 0 Å². The summed E-state index contributed by atoms with van der Waals surface area (Å²) < 4.78 is 2.13. The lowest BCUT2D eigenvalue weighted by Gasteiger charge is -2.03. The van der Waals surface area contributed by atoms with Crippen LogP contribution in [0, 0.1) is 0 Å². The molecule has 0 aliphatic rings. The van der Waals surface area contributed by atoms with Crippen molar-refractivity contribution in [1.82, 2.24) is 9.55 Å². The minimum atomic E-state index is 0.521. The summed E-state index contributed by atoms with van der Waals surface area (Å²) in [6, 6.07) is 16.1. The lowest BCUT2D eigenvalue weighted by Crippen LogP contribution is -1.92. The minimum Gasteiger partial charge on any atom is -0.342 e. The molecule has 2 aromatic heterocycles. The number of aromatic nitrogens is 2. The van der Waals surface area contributed by atoms with Gasteiger partial charge >= 0.3 is 0 Å². The molecule has 0 bridgehead atoms. The van der Waals surface area contributed by atoms with Crippen molar-refractivity contribution in [2.24, 2.45) is 7.05 Å². The highest BCUT2D eigenvalue weighted by atomic mass is 35.5. The van der Waals surface area contributed by atoms with E-state index in [1.807, 2.05) is 31.3 Å². The van der Waals surface area contributed by atoms with Crippen LogP contribution in [0.4, 0.5) is 0 Å². The number of pyridine rings is 1. The molecule has 2 nitrogen and oxygen atoms in total. The van der Waals surface area contributed by atoms with Crippen molar-refractivity contribution in [1.29, 1.82) is 0 Å². The Morgan fingerprint density at radius 1 is 1.06 bits per heavy atom. The van der Waals surface area contributed by atoms with Gasteiger partial charge in [0.2, 0.25) is 0 Å².